The minimum Gasteiger partial charge on any atom is -0.469 e. The molecule has 0 aromatic heterocycles. The maximum Gasteiger partial charge on any atom is 0.337 e. The van der Waals surface area contributed by atoms with Crippen LogP contribution in [0.5, 0.6) is 0 Å². The Balaban J connectivity index is 1.18. The number of methoxy groups -OCH3 is 4. The highest BCUT2D eigenvalue weighted by Gasteiger charge is 2.71. The molecular formula is C46H70O16. The number of allylic oxidation sites excluding steroid dienone is 2. The molecule has 0 unspecified atom stereocenters. The van der Waals surface area contributed by atoms with Crippen molar-refractivity contribution < 1.29 is 77.5 Å². The second kappa shape index (κ2) is 16.4. The van der Waals surface area contributed by atoms with Gasteiger partial charge in [-0.25, -0.2) is 9.59 Å². The Labute approximate surface area is 364 Å². The fourth-order valence-electron chi connectivity index (χ4n) is 14.1. The summed E-state index contributed by atoms with van der Waals surface area (Å²) < 4.78 is 45.2. The van der Waals surface area contributed by atoms with Gasteiger partial charge < -0.3 is 58.3 Å². The number of hydrogen-bond acceptors (Lipinski definition) is 16. The topological polar surface area (TPSA) is 223 Å². The summed E-state index contributed by atoms with van der Waals surface area (Å²) in [6.45, 7) is 15.5. The average molecular weight is 879 g/mol. The van der Waals surface area contributed by atoms with Gasteiger partial charge in [0.15, 0.2) is 30.6 Å². The monoisotopic (exact) mass is 878 g/mol. The van der Waals surface area contributed by atoms with E-state index in [0.29, 0.717) is 19.3 Å². The van der Waals surface area contributed by atoms with E-state index >= 15 is 4.79 Å². The molecule has 16 heteroatoms. The maximum absolute atomic E-state index is 15.0. The number of fused-ring (bicyclic) bond motifs is 7. The van der Waals surface area contributed by atoms with Gasteiger partial charge in [-0.1, -0.05) is 47.1 Å². The second-order valence-corrected chi connectivity index (χ2v) is 21.4. The summed E-state index contributed by atoms with van der Waals surface area (Å²) in [6, 6.07) is 0. The highest BCUT2D eigenvalue weighted by atomic mass is 16.8. The molecule has 4 N–H and O–H groups in total. The molecule has 62 heavy (non-hydrogen) atoms. The van der Waals surface area contributed by atoms with E-state index in [1.165, 1.54) is 19.8 Å². The summed E-state index contributed by atoms with van der Waals surface area (Å²) in [5.74, 6) is -2.24. The van der Waals surface area contributed by atoms with E-state index in [0.717, 1.165) is 52.7 Å². The van der Waals surface area contributed by atoms with Gasteiger partial charge >= 0.3 is 17.9 Å². The van der Waals surface area contributed by atoms with Gasteiger partial charge in [0.05, 0.1) is 32.8 Å². The molecule has 0 aromatic rings. The first-order chi connectivity index (χ1) is 28.9. The number of rotatable bonds is 8. The van der Waals surface area contributed by atoms with Gasteiger partial charge in [0.2, 0.25) is 0 Å². The van der Waals surface area contributed by atoms with Gasteiger partial charge in [-0.15, -0.1) is 0 Å². The van der Waals surface area contributed by atoms with Gasteiger partial charge in [0, 0.05) is 13.0 Å². The van der Waals surface area contributed by atoms with Crippen LogP contribution in [0.15, 0.2) is 11.6 Å². The van der Waals surface area contributed by atoms with E-state index in [1.54, 1.807) is 0 Å². The number of ketones is 1. The first-order valence-electron chi connectivity index (χ1n) is 22.3. The number of carbonyl (C=O) groups excluding carboxylic acids is 4. The molecule has 5 aliphatic carbocycles. The standard InChI is InChI=1S/C46H70O16/c1-41(2)25-12-15-46(7)35(24(47)20-22-23-21-43(4,40(54)58-11)17-16-42(23,3)18-19-45(22,46)6)44(25,5)14-13-26(41)59-39-34(30(51)28(49)32(61-39)37(53)57-10)62-38-33(55-8)29(50)27(48)31(60-38)36(52)56-9/h20,23,25-35,38-39,48-51H,12-19,21H2,1-11H3/t23-,25-,26-,27-,28-,29-,30-,31-,32-,33+,34+,35+,38-,39+,42+,43-,44-,45+,46+/m0/s1. The van der Waals surface area contributed by atoms with Gasteiger partial charge in [0.1, 0.15) is 36.6 Å². The minimum atomic E-state index is -1.85. The van der Waals surface area contributed by atoms with Gasteiger partial charge in [-0.3, -0.25) is 9.59 Å². The van der Waals surface area contributed by atoms with Crippen molar-refractivity contribution in [2.45, 2.75) is 174 Å². The molecule has 2 heterocycles. The smallest absolute Gasteiger partial charge is 0.337 e. The van der Waals surface area contributed by atoms with E-state index in [-0.39, 0.29) is 45.8 Å². The van der Waals surface area contributed by atoms with E-state index in [1.807, 2.05) is 13.0 Å². The zero-order valence-electron chi connectivity index (χ0n) is 38.2. The Bertz CT molecular complexity index is 1800. The third-order valence-electron chi connectivity index (χ3n) is 18.0. The van der Waals surface area contributed by atoms with Crippen LogP contribution in [-0.2, 0) is 57.1 Å². The molecule has 19 atom stereocenters. The van der Waals surface area contributed by atoms with Crippen molar-refractivity contribution in [2.75, 3.05) is 28.4 Å². The number of ether oxygens (including phenoxy) is 8. The first kappa shape index (κ1) is 47.4. The van der Waals surface area contributed by atoms with Crippen molar-refractivity contribution >= 4 is 23.7 Å². The predicted octanol–water partition coefficient (Wildman–Crippen LogP) is 3.16. The highest BCUT2D eigenvalue weighted by molar-refractivity contribution is 5.95. The summed E-state index contributed by atoms with van der Waals surface area (Å²) in [5, 5.41) is 44.3. The molecule has 0 aromatic carbocycles. The van der Waals surface area contributed by atoms with E-state index in [9.17, 15) is 34.8 Å². The van der Waals surface area contributed by atoms with Crippen LogP contribution < -0.4 is 0 Å². The van der Waals surface area contributed by atoms with Crippen LogP contribution in [0.2, 0.25) is 0 Å². The summed E-state index contributed by atoms with van der Waals surface area (Å²) in [6.07, 6.45) is -8.22. The van der Waals surface area contributed by atoms with Gasteiger partial charge in [0.25, 0.3) is 0 Å². The zero-order chi connectivity index (χ0) is 45.7. The van der Waals surface area contributed by atoms with Crippen LogP contribution in [0, 0.1) is 50.2 Å². The van der Waals surface area contributed by atoms with Crippen molar-refractivity contribution in [1.82, 2.24) is 0 Å². The molecule has 7 rings (SSSR count). The zero-order valence-corrected chi connectivity index (χ0v) is 38.2. The van der Waals surface area contributed by atoms with Gasteiger partial charge in [-0.2, -0.15) is 0 Å². The molecule has 2 aliphatic heterocycles. The molecule has 6 fully saturated rings. The van der Waals surface area contributed by atoms with Crippen molar-refractivity contribution in [2.24, 2.45) is 50.2 Å². The number of aliphatic hydroxyl groups excluding tert-OH is 4. The van der Waals surface area contributed by atoms with Crippen LogP contribution >= 0.6 is 0 Å². The molecule has 7 aliphatic rings. The van der Waals surface area contributed by atoms with Crippen molar-refractivity contribution in [3.63, 3.8) is 0 Å². The van der Waals surface area contributed by atoms with E-state index in [4.69, 9.17) is 37.9 Å². The Hall–Kier alpha value is -2.54. The molecule has 4 saturated carbocycles. The SMILES string of the molecule is COC(=O)[C@H]1O[C@@H](O[C@H]2[C@H](O[C@H]3CC[C@]4(C)[C@H]5C(=O)C=C6[C@@H]7C[C@@](C)(C(=O)OC)CC[C@]7(C)CC[C@@]6(C)[C@]5(C)CC[C@H]4C3(C)C)O[C@H](C(=O)OC)[C@@H](O)[C@@H]2O)[C@H](OC)[C@@H](O)[C@@H]1O. The van der Waals surface area contributed by atoms with Crippen molar-refractivity contribution in [1.29, 1.82) is 0 Å². The largest absolute Gasteiger partial charge is 0.469 e. The Morgan fingerprint density at radius 1 is 0.677 bits per heavy atom. The summed E-state index contributed by atoms with van der Waals surface area (Å²) in [5.41, 5.74) is -1.12. The fraction of sp³-hybridized carbons (Fsp3) is 0.870. The molecular weight excluding hydrogens is 808 g/mol. The van der Waals surface area contributed by atoms with Crippen LogP contribution in [0.3, 0.4) is 0 Å². The third-order valence-corrected chi connectivity index (χ3v) is 18.0. The fourth-order valence-corrected chi connectivity index (χ4v) is 14.1. The van der Waals surface area contributed by atoms with Crippen LogP contribution in [-0.4, -0.2) is 140 Å². The average Bonchev–Trinajstić information content (AvgIpc) is 3.23. The van der Waals surface area contributed by atoms with Crippen molar-refractivity contribution in [3.05, 3.63) is 11.6 Å². The van der Waals surface area contributed by atoms with Crippen LogP contribution in [0.4, 0.5) is 0 Å². The lowest BCUT2D eigenvalue weighted by molar-refractivity contribution is -0.373. The lowest BCUT2D eigenvalue weighted by Crippen LogP contribution is -2.68. The third kappa shape index (κ3) is 7.03. The molecule has 350 valence electrons. The lowest BCUT2D eigenvalue weighted by Gasteiger charge is -2.70. The van der Waals surface area contributed by atoms with Crippen LogP contribution in [0.25, 0.3) is 0 Å². The van der Waals surface area contributed by atoms with E-state index < -0.39 is 95.7 Å². The minimum absolute atomic E-state index is 0.0161. The van der Waals surface area contributed by atoms with Crippen LogP contribution in [0.1, 0.15) is 106 Å². The predicted molar refractivity (Wildman–Crippen MR) is 217 cm³/mol. The summed E-state index contributed by atoms with van der Waals surface area (Å²) in [7, 11) is 4.89. The van der Waals surface area contributed by atoms with Gasteiger partial charge in [-0.05, 0) is 110 Å². The Kier molecular flexibility index (Phi) is 12.6. The maximum atomic E-state index is 15.0. The Morgan fingerprint density at radius 3 is 1.81 bits per heavy atom. The number of esters is 3. The normalized spacial score (nSPS) is 49.8. The molecule has 0 amide bonds. The Morgan fingerprint density at radius 2 is 1.24 bits per heavy atom. The molecule has 16 nitrogen and oxygen atoms in total. The highest BCUT2D eigenvalue weighted by Crippen LogP contribution is 2.75. The molecule has 0 bridgehead atoms. The molecule has 0 radical (unpaired) electrons. The number of aliphatic hydroxyl groups is 4. The number of hydrogen-bond donors (Lipinski definition) is 4. The quantitative estimate of drug-likeness (QED) is 0.156. The second-order valence-electron chi connectivity index (χ2n) is 21.4. The summed E-state index contributed by atoms with van der Waals surface area (Å²) in [4.78, 5) is 53.6. The molecule has 2 saturated heterocycles. The molecule has 0 spiro atoms. The summed E-state index contributed by atoms with van der Waals surface area (Å²) >= 11 is 0. The number of carbonyl (C=O) groups is 4. The lowest BCUT2D eigenvalue weighted by atomic mass is 9.33. The van der Waals surface area contributed by atoms with E-state index in [2.05, 4.69) is 41.5 Å². The first-order valence-corrected chi connectivity index (χ1v) is 22.3. The van der Waals surface area contributed by atoms with Crippen molar-refractivity contribution in [3.8, 4) is 0 Å².